The van der Waals surface area contributed by atoms with E-state index in [1.165, 1.54) is 10.4 Å². The van der Waals surface area contributed by atoms with Crippen LogP contribution in [0.4, 0.5) is 0 Å². The minimum absolute atomic E-state index is 0.0480. The van der Waals surface area contributed by atoms with E-state index in [4.69, 9.17) is 18.6 Å². The average molecular weight is 601 g/mol. The Morgan fingerprint density at radius 3 is 1.91 bits per heavy atom. The third-order valence-corrected chi connectivity index (χ3v) is 13.5. The summed E-state index contributed by atoms with van der Waals surface area (Å²) >= 11 is 0. The first-order valence-corrected chi connectivity index (χ1v) is 17.2. The topological polar surface area (TPSA) is 57.2 Å². The molecule has 6 heteroatoms. The average Bonchev–Trinajstić information content (AvgIpc) is 3.36. The van der Waals surface area contributed by atoms with E-state index in [0.29, 0.717) is 13.2 Å². The summed E-state index contributed by atoms with van der Waals surface area (Å²) in [5, 5.41) is 13.5. The maximum Gasteiger partial charge on any atom is 0.262 e. The highest BCUT2D eigenvalue weighted by atomic mass is 28.4. The number of hydrogen-bond acceptors (Lipinski definition) is 5. The van der Waals surface area contributed by atoms with E-state index in [1.54, 1.807) is 0 Å². The Hall–Kier alpha value is -2.76. The highest BCUT2D eigenvalue weighted by molar-refractivity contribution is 6.99. The Balaban J connectivity index is 1.50. The predicted molar refractivity (Wildman–Crippen MR) is 176 cm³/mol. The fourth-order valence-electron chi connectivity index (χ4n) is 6.01. The Labute approximate surface area is 259 Å². The van der Waals surface area contributed by atoms with Gasteiger partial charge in [0.05, 0.1) is 25.9 Å². The van der Waals surface area contributed by atoms with Gasteiger partial charge in [-0.05, 0) is 46.7 Å². The molecule has 1 N–H and O–H groups in total. The fraction of sp³-hybridized carbons (Fsp3) is 0.459. The molecule has 5 atom stereocenters. The van der Waals surface area contributed by atoms with Crippen molar-refractivity contribution in [2.45, 2.75) is 84.2 Å². The van der Waals surface area contributed by atoms with Gasteiger partial charge >= 0.3 is 0 Å². The van der Waals surface area contributed by atoms with Crippen molar-refractivity contribution in [3.05, 3.63) is 96.6 Å². The van der Waals surface area contributed by atoms with Crippen LogP contribution in [0, 0.1) is 23.7 Å². The molecule has 3 aromatic rings. The third kappa shape index (κ3) is 8.04. The fourth-order valence-corrected chi connectivity index (χ4v) is 10.5. The van der Waals surface area contributed by atoms with Gasteiger partial charge in [-0.15, -0.1) is 0 Å². The van der Waals surface area contributed by atoms with Gasteiger partial charge in [0.15, 0.2) is 5.79 Å². The third-order valence-electron chi connectivity index (χ3n) is 8.56. The van der Waals surface area contributed by atoms with Crippen LogP contribution in [0.2, 0.25) is 5.04 Å². The van der Waals surface area contributed by atoms with E-state index in [9.17, 15) is 5.11 Å². The number of hydrogen-bond donors (Lipinski definition) is 1. The Morgan fingerprint density at radius 2 is 1.42 bits per heavy atom. The van der Waals surface area contributed by atoms with Crippen molar-refractivity contribution in [1.29, 1.82) is 0 Å². The van der Waals surface area contributed by atoms with Crippen LogP contribution in [0.1, 0.15) is 54.0 Å². The van der Waals surface area contributed by atoms with E-state index in [-0.39, 0.29) is 35.7 Å². The molecule has 1 heterocycles. The van der Waals surface area contributed by atoms with Gasteiger partial charge in [0.1, 0.15) is 12.2 Å². The van der Waals surface area contributed by atoms with Crippen LogP contribution in [-0.2, 0) is 25.2 Å². The lowest BCUT2D eigenvalue weighted by molar-refractivity contribution is -0.167. The molecule has 0 saturated carbocycles. The van der Waals surface area contributed by atoms with Crippen molar-refractivity contribution in [3.8, 4) is 11.8 Å². The first kappa shape index (κ1) is 33.1. The van der Waals surface area contributed by atoms with Gasteiger partial charge in [-0.3, -0.25) is 0 Å². The molecule has 5 nitrogen and oxygen atoms in total. The molecule has 43 heavy (non-hydrogen) atoms. The number of aliphatic hydroxyl groups is 1. The molecule has 0 bridgehead atoms. The maximum absolute atomic E-state index is 11.2. The van der Waals surface area contributed by atoms with Crippen molar-refractivity contribution in [3.63, 3.8) is 0 Å². The zero-order valence-corrected chi connectivity index (χ0v) is 27.7. The van der Waals surface area contributed by atoms with Crippen molar-refractivity contribution in [1.82, 2.24) is 0 Å². The highest BCUT2D eigenvalue weighted by Gasteiger charge is 2.50. The lowest BCUT2D eigenvalue weighted by Crippen LogP contribution is -2.66. The number of ether oxygens (including phenoxy) is 3. The quantitative estimate of drug-likeness (QED) is 0.218. The monoisotopic (exact) mass is 600 g/mol. The van der Waals surface area contributed by atoms with E-state index in [0.717, 1.165) is 5.56 Å². The second-order valence-corrected chi connectivity index (χ2v) is 17.4. The summed E-state index contributed by atoms with van der Waals surface area (Å²) in [6.45, 7) is 15.8. The number of rotatable bonds is 11. The molecule has 1 fully saturated rings. The van der Waals surface area contributed by atoms with Crippen LogP contribution in [0.15, 0.2) is 91.0 Å². The standard InChI is InChI=1S/C37H48O5Si/c1-28(29(2)35(34-27-40-37(6,7)42-34)39-26-30-18-11-8-12-19-30)33(38)24-17-25-41-43(36(3,4)5,31-20-13-9-14-21-31)32-22-15-10-16-23-32/h8-16,18-23,28-29,33-35,38H,25-27H2,1-7H3/t28-,29-,33?,34-,35-/m0/s1. The summed E-state index contributed by atoms with van der Waals surface area (Å²) in [5.41, 5.74) is 1.09. The van der Waals surface area contributed by atoms with Crippen LogP contribution in [0.25, 0.3) is 0 Å². The molecular weight excluding hydrogens is 552 g/mol. The van der Waals surface area contributed by atoms with Gasteiger partial charge in [-0.25, -0.2) is 0 Å². The molecule has 1 unspecified atom stereocenters. The molecule has 3 aromatic carbocycles. The molecule has 0 spiro atoms. The summed E-state index contributed by atoms with van der Waals surface area (Å²) < 4.78 is 25.5. The van der Waals surface area contributed by atoms with Gasteiger partial charge in [-0.2, -0.15) is 0 Å². The number of benzene rings is 3. The lowest BCUT2D eigenvalue weighted by Gasteiger charge is -2.42. The summed E-state index contributed by atoms with van der Waals surface area (Å²) in [5.74, 6) is 5.40. The molecule has 1 saturated heterocycles. The second kappa shape index (κ2) is 14.3. The molecular formula is C37H48O5Si. The summed E-state index contributed by atoms with van der Waals surface area (Å²) in [4.78, 5) is 0. The molecule has 1 aliphatic rings. The van der Waals surface area contributed by atoms with Crippen LogP contribution >= 0.6 is 0 Å². The van der Waals surface area contributed by atoms with E-state index in [2.05, 4.69) is 88.1 Å². The van der Waals surface area contributed by atoms with Crippen LogP contribution < -0.4 is 10.4 Å². The molecule has 0 radical (unpaired) electrons. The SMILES string of the molecule is C[C@H]([C@H](OCc1ccccc1)[C@@H]1COC(C)(C)O1)[C@H](C)C(O)C#CCO[Si](c1ccccc1)(c1ccccc1)C(C)(C)C. The van der Waals surface area contributed by atoms with Crippen molar-refractivity contribution < 1.29 is 23.7 Å². The lowest BCUT2D eigenvalue weighted by atomic mass is 9.84. The molecule has 0 aliphatic carbocycles. The highest BCUT2D eigenvalue weighted by Crippen LogP contribution is 2.37. The van der Waals surface area contributed by atoms with Gasteiger partial charge in [0.2, 0.25) is 0 Å². The molecule has 1 aliphatic heterocycles. The van der Waals surface area contributed by atoms with Gasteiger partial charge in [-0.1, -0.05) is 137 Å². The van der Waals surface area contributed by atoms with Gasteiger partial charge in [0.25, 0.3) is 8.32 Å². The smallest absolute Gasteiger partial charge is 0.262 e. The van der Waals surface area contributed by atoms with Crippen LogP contribution in [0.3, 0.4) is 0 Å². The zero-order chi connectivity index (χ0) is 31.1. The first-order valence-electron chi connectivity index (χ1n) is 15.3. The van der Waals surface area contributed by atoms with Crippen molar-refractivity contribution in [2.75, 3.05) is 13.2 Å². The first-order chi connectivity index (χ1) is 20.4. The van der Waals surface area contributed by atoms with Crippen molar-refractivity contribution in [2.24, 2.45) is 11.8 Å². The summed E-state index contributed by atoms with van der Waals surface area (Å²) in [6.07, 6.45) is -1.37. The molecule has 230 valence electrons. The normalized spacial score (nSPS) is 19.6. The zero-order valence-electron chi connectivity index (χ0n) is 26.7. The molecule has 0 aromatic heterocycles. The Kier molecular flexibility index (Phi) is 11.1. The second-order valence-electron chi connectivity index (χ2n) is 13.1. The summed E-state index contributed by atoms with van der Waals surface area (Å²) in [6, 6.07) is 31.1. The van der Waals surface area contributed by atoms with Gasteiger partial charge in [0, 0.05) is 0 Å². The van der Waals surface area contributed by atoms with Crippen LogP contribution in [0.5, 0.6) is 0 Å². The summed E-state index contributed by atoms with van der Waals surface area (Å²) in [7, 11) is -2.70. The largest absolute Gasteiger partial charge is 0.396 e. The predicted octanol–water partition coefficient (Wildman–Crippen LogP) is 5.94. The van der Waals surface area contributed by atoms with Gasteiger partial charge < -0.3 is 23.7 Å². The van der Waals surface area contributed by atoms with Crippen molar-refractivity contribution >= 4 is 18.7 Å². The Morgan fingerprint density at radius 1 is 0.884 bits per heavy atom. The minimum Gasteiger partial charge on any atom is -0.396 e. The maximum atomic E-state index is 11.2. The Bertz CT molecular complexity index is 1290. The van der Waals surface area contributed by atoms with E-state index in [1.807, 2.05) is 63.2 Å². The van der Waals surface area contributed by atoms with Crippen LogP contribution in [-0.4, -0.2) is 50.7 Å². The van der Waals surface area contributed by atoms with E-state index >= 15 is 0 Å². The van der Waals surface area contributed by atoms with E-state index < -0.39 is 20.2 Å². The number of aliphatic hydroxyl groups excluding tert-OH is 1. The molecule has 0 amide bonds. The molecule has 4 rings (SSSR count). The minimum atomic E-state index is -2.70.